The van der Waals surface area contributed by atoms with Crippen molar-refractivity contribution in [3.63, 3.8) is 0 Å². The smallest absolute Gasteiger partial charge is 0.447 e. The zero-order valence-corrected chi connectivity index (χ0v) is 15.9. The van der Waals surface area contributed by atoms with Gasteiger partial charge >= 0.3 is 12.5 Å². The zero-order valence-electron chi connectivity index (χ0n) is 15.1. The van der Waals surface area contributed by atoms with Crippen LogP contribution in [-0.2, 0) is 20.9 Å². The summed E-state index contributed by atoms with van der Waals surface area (Å²) in [5, 5.41) is 2.60. The Morgan fingerprint density at radius 2 is 2.07 bits per heavy atom. The van der Waals surface area contributed by atoms with E-state index in [0.717, 1.165) is 6.07 Å². The van der Waals surface area contributed by atoms with Crippen molar-refractivity contribution < 1.29 is 37.0 Å². The second-order valence-electron chi connectivity index (χ2n) is 7.58. The van der Waals surface area contributed by atoms with E-state index in [0.29, 0.717) is 38.1 Å². The second-order valence-corrected chi connectivity index (χ2v) is 7.98. The Balaban J connectivity index is 1.19. The largest absolute Gasteiger partial charge is 0.573 e. The quantitative estimate of drug-likeness (QED) is 0.771. The number of nitrogens with one attached hydrogen (secondary N) is 1. The van der Waals surface area contributed by atoms with Crippen LogP contribution in [0.15, 0.2) is 18.2 Å². The molecule has 1 aromatic rings. The first-order valence-corrected chi connectivity index (χ1v) is 9.40. The van der Waals surface area contributed by atoms with Crippen LogP contribution in [0, 0.1) is 5.92 Å². The molecule has 29 heavy (non-hydrogen) atoms. The van der Waals surface area contributed by atoms with Crippen LogP contribution in [0.1, 0.15) is 18.4 Å². The fraction of sp³-hybridized carbons (Fsp3) is 0.556. The second kappa shape index (κ2) is 7.24. The lowest BCUT2D eigenvalue weighted by Crippen LogP contribution is -2.62. The number of alkyl halides is 3. The predicted molar refractivity (Wildman–Crippen MR) is 93.2 cm³/mol. The number of hydrogen-bond donors (Lipinski definition) is 1. The maximum atomic E-state index is 12.4. The molecule has 3 aliphatic rings. The molecule has 11 heteroatoms. The number of ether oxygens (including phenoxy) is 3. The Bertz CT molecular complexity index is 822. The molecule has 0 atom stereocenters. The van der Waals surface area contributed by atoms with E-state index in [4.69, 9.17) is 21.1 Å². The average molecular weight is 435 g/mol. The minimum absolute atomic E-state index is 0.0355. The van der Waals surface area contributed by atoms with Gasteiger partial charge in [0.1, 0.15) is 12.4 Å². The number of benzene rings is 1. The Morgan fingerprint density at radius 3 is 2.66 bits per heavy atom. The first-order chi connectivity index (χ1) is 13.6. The molecule has 2 saturated heterocycles. The molecule has 1 spiro atoms. The van der Waals surface area contributed by atoms with Crippen LogP contribution in [0.5, 0.6) is 5.75 Å². The van der Waals surface area contributed by atoms with Crippen molar-refractivity contribution in [2.75, 3.05) is 19.7 Å². The summed E-state index contributed by atoms with van der Waals surface area (Å²) in [5.74, 6) is -0.559. The normalized spacial score (nSPS) is 26.6. The van der Waals surface area contributed by atoms with Crippen LogP contribution in [-0.4, -0.2) is 54.6 Å². The highest BCUT2D eigenvalue weighted by Gasteiger charge is 2.54. The lowest BCUT2D eigenvalue weighted by atomic mass is 9.68. The lowest BCUT2D eigenvalue weighted by Gasteiger charge is -2.47. The van der Waals surface area contributed by atoms with Gasteiger partial charge in [-0.2, -0.15) is 0 Å². The van der Waals surface area contributed by atoms with Gasteiger partial charge in [0.25, 0.3) is 0 Å². The van der Waals surface area contributed by atoms with Gasteiger partial charge in [-0.1, -0.05) is 17.7 Å². The highest BCUT2D eigenvalue weighted by atomic mass is 35.5. The molecule has 4 rings (SSSR count). The summed E-state index contributed by atoms with van der Waals surface area (Å²) in [6.45, 7) is 1.37. The summed E-state index contributed by atoms with van der Waals surface area (Å²) in [6.07, 6.45) is -4.24. The Morgan fingerprint density at radius 1 is 1.34 bits per heavy atom. The van der Waals surface area contributed by atoms with Gasteiger partial charge in [-0.05, 0) is 30.5 Å². The van der Waals surface area contributed by atoms with Crippen molar-refractivity contribution in [3.05, 3.63) is 28.8 Å². The van der Waals surface area contributed by atoms with Gasteiger partial charge in [-0.15, -0.1) is 13.2 Å². The van der Waals surface area contributed by atoms with E-state index in [1.54, 1.807) is 4.90 Å². The lowest BCUT2D eigenvalue weighted by molar-refractivity contribution is -0.274. The molecule has 1 N–H and O–H groups in total. The van der Waals surface area contributed by atoms with E-state index in [2.05, 4.69) is 10.1 Å². The van der Waals surface area contributed by atoms with Gasteiger partial charge in [0.2, 0.25) is 5.91 Å². The maximum Gasteiger partial charge on any atom is 0.573 e. The van der Waals surface area contributed by atoms with E-state index < -0.39 is 18.2 Å². The van der Waals surface area contributed by atoms with Crippen LogP contribution in [0.3, 0.4) is 0 Å². The van der Waals surface area contributed by atoms with Gasteiger partial charge < -0.3 is 24.4 Å². The molecule has 1 saturated carbocycles. The SMILES string of the molecule is O=C1NC2(CO1)CC(C(=O)N1CC(OCc3ccc(OC(F)(F)F)c(Cl)c3)C1)C2. The van der Waals surface area contributed by atoms with Gasteiger partial charge in [0.15, 0.2) is 0 Å². The molecule has 0 bridgehead atoms. The van der Waals surface area contributed by atoms with E-state index >= 15 is 0 Å². The highest BCUT2D eigenvalue weighted by Crippen LogP contribution is 2.42. The Hall–Kier alpha value is -2.20. The molecular formula is C18H18ClF3N2O5. The molecule has 2 heterocycles. The van der Waals surface area contributed by atoms with Gasteiger partial charge in [0, 0.05) is 19.0 Å². The van der Waals surface area contributed by atoms with Crippen LogP contribution in [0.2, 0.25) is 5.02 Å². The van der Waals surface area contributed by atoms with Crippen molar-refractivity contribution in [1.29, 1.82) is 0 Å². The van der Waals surface area contributed by atoms with Crippen molar-refractivity contribution in [1.82, 2.24) is 10.2 Å². The molecule has 7 nitrogen and oxygen atoms in total. The molecule has 0 aromatic heterocycles. The number of alkyl carbamates (subject to hydrolysis) is 1. The summed E-state index contributed by atoms with van der Waals surface area (Å²) in [5.41, 5.74) is 0.214. The molecule has 1 aromatic carbocycles. The molecular weight excluding hydrogens is 417 g/mol. The number of cyclic esters (lactones) is 1. The number of amides is 2. The Kier molecular flexibility index (Phi) is 5.02. The average Bonchev–Trinajstić information content (AvgIpc) is 2.95. The molecule has 3 fully saturated rings. The van der Waals surface area contributed by atoms with E-state index in [9.17, 15) is 22.8 Å². The highest BCUT2D eigenvalue weighted by molar-refractivity contribution is 6.32. The third kappa shape index (κ3) is 4.37. The number of rotatable bonds is 5. The summed E-state index contributed by atoms with van der Waals surface area (Å²) >= 11 is 5.81. The first kappa shape index (κ1) is 20.1. The molecule has 0 unspecified atom stereocenters. The maximum absolute atomic E-state index is 12.4. The third-order valence-corrected chi connectivity index (χ3v) is 5.63. The van der Waals surface area contributed by atoms with Gasteiger partial charge in [0.05, 0.1) is 23.3 Å². The Labute approximate surface area is 169 Å². The number of halogens is 4. The molecule has 1 aliphatic carbocycles. The predicted octanol–water partition coefficient (Wildman–Crippen LogP) is 2.85. The molecule has 2 amide bonds. The standard InChI is InChI=1S/C18H18ClF3N2O5/c19-13-3-10(1-2-14(13)29-18(20,21)22)8-27-12-6-24(7-12)15(25)11-4-17(5-11)9-28-16(26)23-17/h1-3,11-12H,4-9H2,(H,23,26). The number of nitrogens with zero attached hydrogens (tertiary/aromatic N) is 1. The van der Waals surface area contributed by atoms with E-state index in [-0.39, 0.29) is 35.1 Å². The van der Waals surface area contributed by atoms with Crippen molar-refractivity contribution >= 4 is 23.6 Å². The van der Waals surface area contributed by atoms with Crippen LogP contribution < -0.4 is 10.1 Å². The third-order valence-electron chi connectivity index (χ3n) is 5.34. The number of carbonyl (C=O) groups excluding carboxylic acids is 2. The van der Waals surface area contributed by atoms with Crippen molar-refractivity contribution in [3.8, 4) is 5.75 Å². The number of hydrogen-bond acceptors (Lipinski definition) is 5. The van der Waals surface area contributed by atoms with Crippen molar-refractivity contribution in [2.24, 2.45) is 5.92 Å². The van der Waals surface area contributed by atoms with E-state index in [1.807, 2.05) is 0 Å². The monoisotopic (exact) mass is 434 g/mol. The van der Waals surface area contributed by atoms with Crippen LogP contribution in [0.25, 0.3) is 0 Å². The van der Waals surface area contributed by atoms with Gasteiger partial charge in [-0.3, -0.25) is 4.79 Å². The van der Waals surface area contributed by atoms with E-state index in [1.165, 1.54) is 12.1 Å². The molecule has 158 valence electrons. The first-order valence-electron chi connectivity index (χ1n) is 9.02. The zero-order chi connectivity index (χ0) is 20.8. The van der Waals surface area contributed by atoms with Crippen LogP contribution in [0.4, 0.5) is 18.0 Å². The summed E-state index contributed by atoms with van der Waals surface area (Å²) in [7, 11) is 0. The molecule has 0 radical (unpaired) electrons. The summed E-state index contributed by atoms with van der Waals surface area (Å²) in [4.78, 5) is 25.3. The minimum atomic E-state index is -4.81. The fourth-order valence-corrected chi connectivity index (χ4v) is 4.05. The summed E-state index contributed by atoms with van der Waals surface area (Å²) in [6, 6.07) is 3.94. The van der Waals surface area contributed by atoms with Crippen molar-refractivity contribution in [2.45, 2.75) is 37.5 Å². The number of likely N-dealkylation sites (tertiary alicyclic amines) is 1. The topological polar surface area (TPSA) is 77.1 Å². The summed E-state index contributed by atoms with van der Waals surface area (Å²) < 4.78 is 51.2. The van der Waals surface area contributed by atoms with Crippen LogP contribution >= 0.6 is 11.6 Å². The van der Waals surface area contributed by atoms with Gasteiger partial charge in [-0.25, -0.2) is 4.79 Å². The fourth-order valence-electron chi connectivity index (χ4n) is 3.81. The molecule has 2 aliphatic heterocycles. The number of carbonyl (C=O) groups is 2. The minimum Gasteiger partial charge on any atom is -0.447 e.